The zero-order chi connectivity index (χ0) is 65.4. The largest absolute Gasteiger partial charge is 0.477 e. The third-order valence-corrected chi connectivity index (χ3v) is 17.2. The molecule has 0 aliphatic carbocycles. The van der Waals surface area contributed by atoms with E-state index in [0.717, 1.165) is 96.3 Å². The lowest BCUT2D eigenvalue weighted by molar-refractivity contribution is -0.870. The Bertz CT molecular complexity index is 1710. The number of carboxylic acids is 1. The van der Waals surface area contributed by atoms with Crippen LogP contribution in [0.25, 0.3) is 0 Å². The van der Waals surface area contributed by atoms with Gasteiger partial charge in [0, 0.05) is 12.8 Å². The Kier molecular flexibility index (Phi) is 69.0. The van der Waals surface area contributed by atoms with Crippen LogP contribution in [-0.4, -0.2) is 87.4 Å². The number of hydrogen-bond donors (Lipinski definition) is 1. The van der Waals surface area contributed by atoms with Gasteiger partial charge in [-0.2, -0.15) is 0 Å². The average Bonchev–Trinajstić information content (AvgIpc) is 3.73. The van der Waals surface area contributed by atoms with Crippen molar-refractivity contribution in [2.75, 3.05) is 47.5 Å². The van der Waals surface area contributed by atoms with Crippen LogP contribution in [0.5, 0.6) is 0 Å². The molecule has 2 unspecified atom stereocenters. The number of aliphatic carboxylic acids is 1. The summed E-state index contributed by atoms with van der Waals surface area (Å²) in [5.74, 6) is -2.01. The van der Waals surface area contributed by atoms with Gasteiger partial charge in [-0.25, -0.2) is 4.79 Å². The molecule has 0 heterocycles. The maximum atomic E-state index is 12.9. The summed E-state index contributed by atoms with van der Waals surface area (Å²) in [5.41, 5.74) is 0. The van der Waals surface area contributed by atoms with Gasteiger partial charge in [-0.05, 0) is 64.2 Å². The lowest BCUT2D eigenvalue weighted by Crippen LogP contribution is -2.40. The molecule has 524 valence electrons. The summed E-state index contributed by atoms with van der Waals surface area (Å²) < 4.78 is 23.0. The van der Waals surface area contributed by atoms with Crippen molar-refractivity contribution in [3.8, 4) is 0 Å². The summed E-state index contributed by atoms with van der Waals surface area (Å²) in [6.07, 6.45) is 93.5. The molecule has 9 nitrogen and oxygen atoms in total. The van der Waals surface area contributed by atoms with E-state index in [9.17, 15) is 19.5 Å². The zero-order valence-corrected chi connectivity index (χ0v) is 60.1. The van der Waals surface area contributed by atoms with Gasteiger partial charge in [0.15, 0.2) is 6.10 Å². The number of carboxylic acid groups (broad SMARTS) is 1. The monoisotopic (exact) mass is 1260 g/mol. The average molecular weight is 1260 g/mol. The van der Waals surface area contributed by atoms with Crippen molar-refractivity contribution in [1.29, 1.82) is 0 Å². The van der Waals surface area contributed by atoms with E-state index in [0.29, 0.717) is 23.9 Å². The first kappa shape index (κ1) is 86.7. The number of unbranched alkanes of at least 4 members (excludes halogenated alkanes) is 45. The molecule has 0 radical (unpaired) electrons. The Morgan fingerprint density at radius 2 is 0.633 bits per heavy atom. The van der Waals surface area contributed by atoms with Crippen molar-refractivity contribution < 1.29 is 42.9 Å². The molecule has 0 aliphatic heterocycles. The second-order valence-corrected chi connectivity index (χ2v) is 27.3. The lowest BCUT2D eigenvalue weighted by Gasteiger charge is -2.25. The number of hydrogen-bond acceptors (Lipinski definition) is 7. The molecule has 9 heteroatoms. The third kappa shape index (κ3) is 72.2. The SMILES string of the molecule is CC/C=C\C/C=C\C/C=C\C/C=C\C/C=C\C/C=C\CCCCCCCCC(=O)OC(COC(=O)CCCCCCCCCCCCCCCCCCCCCCCCCCCCCCCCCCCCCCCCCC)COC(OCC[N+](C)(C)C)C(=O)O. The first-order valence-corrected chi connectivity index (χ1v) is 38.6. The van der Waals surface area contributed by atoms with E-state index >= 15 is 0 Å². The summed E-state index contributed by atoms with van der Waals surface area (Å²) in [5, 5.41) is 9.75. The number of carbonyl (C=O) groups excluding carboxylic acids is 2. The molecule has 0 rings (SSSR count). The van der Waals surface area contributed by atoms with Crippen molar-refractivity contribution >= 4 is 17.9 Å². The van der Waals surface area contributed by atoms with Crippen LogP contribution >= 0.6 is 0 Å². The van der Waals surface area contributed by atoms with E-state index in [2.05, 4.69) is 86.8 Å². The molecular weight excluding hydrogens is 1110 g/mol. The topological polar surface area (TPSA) is 108 Å². The highest BCUT2D eigenvalue weighted by Crippen LogP contribution is 2.19. The second kappa shape index (κ2) is 71.6. The Hall–Kier alpha value is -3.27. The minimum absolute atomic E-state index is 0.183. The smallest absolute Gasteiger partial charge is 0.361 e. The van der Waals surface area contributed by atoms with Crippen molar-refractivity contribution in [3.05, 3.63) is 72.9 Å². The Labute approximate surface area is 557 Å². The first-order valence-electron chi connectivity index (χ1n) is 38.6. The number of likely N-dealkylation sites (N-methyl/N-ethyl adjacent to an activating group) is 1. The van der Waals surface area contributed by atoms with Gasteiger partial charge in [0.2, 0.25) is 0 Å². The normalized spacial score (nSPS) is 13.0. The highest BCUT2D eigenvalue weighted by Gasteiger charge is 2.25. The quantitative estimate of drug-likeness (QED) is 0.0211. The van der Waals surface area contributed by atoms with Gasteiger partial charge in [0.05, 0.1) is 34.4 Å². The fourth-order valence-corrected chi connectivity index (χ4v) is 11.4. The molecule has 0 spiro atoms. The van der Waals surface area contributed by atoms with Crippen molar-refractivity contribution in [2.45, 2.75) is 379 Å². The van der Waals surface area contributed by atoms with Crippen LogP contribution in [0.3, 0.4) is 0 Å². The van der Waals surface area contributed by atoms with Gasteiger partial charge in [-0.1, -0.05) is 363 Å². The summed E-state index contributed by atoms with van der Waals surface area (Å²) in [6.45, 7) is 4.79. The predicted octanol–water partition coefficient (Wildman–Crippen LogP) is 24.4. The number of rotatable bonds is 72. The van der Waals surface area contributed by atoms with E-state index < -0.39 is 24.3 Å². The molecule has 2 atom stereocenters. The Balaban J connectivity index is 3.98. The molecule has 0 aliphatic rings. The van der Waals surface area contributed by atoms with Crippen LogP contribution in [0, 0.1) is 0 Å². The van der Waals surface area contributed by atoms with Gasteiger partial charge in [-0.15, -0.1) is 0 Å². The Morgan fingerprint density at radius 3 is 0.944 bits per heavy atom. The van der Waals surface area contributed by atoms with Gasteiger partial charge in [0.25, 0.3) is 6.29 Å². The summed E-state index contributed by atoms with van der Waals surface area (Å²) >= 11 is 0. The molecule has 0 aromatic rings. The molecule has 0 saturated heterocycles. The fourth-order valence-electron chi connectivity index (χ4n) is 11.4. The minimum atomic E-state index is -1.52. The van der Waals surface area contributed by atoms with Gasteiger partial charge >= 0.3 is 17.9 Å². The molecule has 90 heavy (non-hydrogen) atoms. The highest BCUT2D eigenvalue weighted by molar-refractivity contribution is 5.71. The number of nitrogens with zero attached hydrogens (tertiary/aromatic N) is 1. The van der Waals surface area contributed by atoms with Crippen LogP contribution < -0.4 is 0 Å². The van der Waals surface area contributed by atoms with Crippen molar-refractivity contribution in [2.24, 2.45) is 0 Å². The van der Waals surface area contributed by atoms with E-state index in [1.807, 2.05) is 21.1 Å². The summed E-state index contributed by atoms with van der Waals surface area (Å²) in [6, 6.07) is 0. The highest BCUT2D eigenvalue weighted by atomic mass is 16.7. The van der Waals surface area contributed by atoms with Crippen LogP contribution in [0.1, 0.15) is 367 Å². The van der Waals surface area contributed by atoms with E-state index in [-0.39, 0.29) is 32.2 Å². The van der Waals surface area contributed by atoms with Crippen molar-refractivity contribution in [3.63, 3.8) is 0 Å². The minimum Gasteiger partial charge on any atom is -0.477 e. The number of esters is 2. The van der Waals surface area contributed by atoms with Crippen LogP contribution in [0.15, 0.2) is 72.9 Å². The maximum absolute atomic E-state index is 12.9. The van der Waals surface area contributed by atoms with Crippen molar-refractivity contribution in [1.82, 2.24) is 0 Å². The van der Waals surface area contributed by atoms with Crippen LogP contribution in [0.4, 0.5) is 0 Å². The number of allylic oxidation sites excluding steroid dienone is 12. The molecule has 0 bridgehead atoms. The van der Waals surface area contributed by atoms with E-state index in [1.165, 1.54) is 238 Å². The molecule has 0 fully saturated rings. The molecule has 0 aromatic carbocycles. The van der Waals surface area contributed by atoms with Gasteiger partial charge in [-0.3, -0.25) is 9.59 Å². The molecule has 0 amide bonds. The zero-order valence-electron chi connectivity index (χ0n) is 60.1. The standard InChI is InChI=1S/C81H147NO8/c1-6-8-10-12-14-16-18-20-22-24-26-28-30-32-33-34-35-36-37-38-39-40-41-42-43-44-45-46-48-49-51-53-55-57-59-61-63-65-67-69-71-78(83)88-75-77(76-89-81(80(85)86)87-74-73-82(3,4)5)90-79(84)72-70-68-66-64-62-60-58-56-54-52-50-47-31-29-27-25-23-21-19-17-15-13-11-9-7-2/h9,11,15,17,21,23,27,29,47,50,54,56,77,81H,6-8,10,12-14,16,18-20,22,24-26,28,30-46,48-49,51-53,55,57-76H2,1-5H3/p+1/b11-9-,17-15-,23-21-,29-27-,50-47-,56-54-. The third-order valence-electron chi connectivity index (χ3n) is 17.2. The number of quaternary nitrogens is 1. The molecule has 1 N–H and O–H groups in total. The Morgan fingerprint density at radius 1 is 0.344 bits per heavy atom. The first-order chi connectivity index (χ1) is 44.1. The van der Waals surface area contributed by atoms with E-state index in [4.69, 9.17) is 18.9 Å². The maximum Gasteiger partial charge on any atom is 0.361 e. The van der Waals surface area contributed by atoms with Crippen LogP contribution in [-0.2, 0) is 33.3 Å². The lowest BCUT2D eigenvalue weighted by atomic mass is 10.0. The van der Waals surface area contributed by atoms with Gasteiger partial charge < -0.3 is 28.5 Å². The number of ether oxygens (including phenoxy) is 4. The summed E-state index contributed by atoms with van der Waals surface area (Å²) in [4.78, 5) is 37.7. The van der Waals surface area contributed by atoms with E-state index in [1.54, 1.807) is 0 Å². The predicted molar refractivity (Wildman–Crippen MR) is 387 cm³/mol. The van der Waals surface area contributed by atoms with Crippen LogP contribution in [0.2, 0.25) is 0 Å². The fraction of sp³-hybridized carbons (Fsp3) is 0.815. The molecule has 0 aromatic heterocycles. The summed E-state index contributed by atoms with van der Waals surface area (Å²) in [7, 11) is 5.98. The molecular formula is C81H148NO8+. The number of carbonyl (C=O) groups is 3. The van der Waals surface area contributed by atoms with Gasteiger partial charge in [0.1, 0.15) is 13.2 Å². The molecule has 0 saturated carbocycles. The second-order valence-electron chi connectivity index (χ2n) is 27.3.